The Hall–Kier alpha value is -2.23. The van der Waals surface area contributed by atoms with E-state index in [0.29, 0.717) is 12.0 Å². The fraction of sp³-hybridized carbons (Fsp3) is 0.143. The van der Waals surface area contributed by atoms with E-state index in [-0.39, 0.29) is 12.2 Å². The van der Waals surface area contributed by atoms with Crippen molar-refractivity contribution in [2.24, 2.45) is 0 Å². The molecule has 0 saturated heterocycles. The zero-order chi connectivity index (χ0) is 13.0. The molecule has 0 radical (unpaired) electrons. The first-order chi connectivity index (χ1) is 8.67. The van der Waals surface area contributed by atoms with Crippen LogP contribution < -0.4 is 4.74 Å². The van der Waals surface area contributed by atoms with E-state index in [1.807, 2.05) is 13.0 Å². The average Bonchev–Trinajstić information content (AvgIpc) is 2.36. The Morgan fingerprint density at radius 1 is 1.28 bits per heavy atom. The Morgan fingerprint density at radius 3 is 2.83 bits per heavy atom. The number of nitrogens with zero attached hydrogens (tertiary/aromatic N) is 1. The molecule has 1 heterocycles. The molecule has 0 aliphatic heterocycles. The molecule has 3 nitrogen and oxygen atoms in total. The zero-order valence-corrected chi connectivity index (χ0v) is 9.89. The first kappa shape index (κ1) is 12.2. The van der Waals surface area contributed by atoms with Crippen molar-refractivity contribution in [1.29, 1.82) is 0 Å². The summed E-state index contributed by atoms with van der Waals surface area (Å²) in [6.07, 6.45) is 4.02. The van der Waals surface area contributed by atoms with E-state index in [0.717, 1.165) is 17.2 Å². The number of aromatic nitrogens is 1. The van der Waals surface area contributed by atoms with Gasteiger partial charge in [-0.25, -0.2) is 4.39 Å². The number of hydrogen-bond acceptors (Lipinski definition) is 3. The largest absolute Gasteiger partial charge is 0.489 e. The number of aldehydes is 1. The number of hydrogen-bond donors (Lipinski definition) is 0. The third kappa shape index (κ3) is 3.13. The maximum atomic E-state index is 13.2. The monoisotopic (exact) mass is 245 g/mol. The molecule has 0 N–H and O–H groups in total. The van der Waals surface area contributed by atoms with Gasteiger partial charge in [0.15, 0.2) is 0 Å². The average molecular weight is 245 g/mol. The predicted octanol–water partition coefficient (Wildman–Crippen LogP) is 2.92. The van der Waals surface area contributed by atoms with Crippen molar-refractivity contribution < 1.29 is 13.9 Å². The van der Waals surface area contributed by atoms with Crippen LogP contribution in [0.4, 0.5) is 4.39 Å². The lowest BCUT2D eigenvalue weighted by molar-refractivity contribution is 0.112. The van der Waals surface area contributed by atoms with Crippen LogP contribution in [0.3, 0.4) is 0 Å². The van der Waals surface area contributed by atoms with Gasteiger partial charge in [0.05, 0.1) is 0 Å². The number of carbonyl (C=O) groups is 1. The number of halogens is 1. The second kappa shape index (κ2) is 5.40. The van der Waals surface area contributed by atoms with Crippen molar-refractivity contribution in [2.75, 3.05) is 0 Å². The van der Waals surface area contributed by atoms with E-state index in [1.54, 1.807) is 12.4 Å². The smallest absolute Gasteiger partial charge is 0.150 e. The molecule has 18 heavy (non-hydrogen) atoms. The van der Waals surface area contributed by atoms with Crippen molar-refractivity contribution in [3.63, 3.8) is 0 Å². The minimum atomic E-state index is -0.489. The Bertz CT molecular complexity index is 569. The van der Waals surface area contributed by atoms with Crippen LogP contribution in [0.25, 0.3) is 0 Å². The van der Waals surface area contributed by atoms with Gasteiger partial charge in [0.2, 0.25) is 0 Å². The van der Waals surface area contributed by atoms with Crippen LogP contribution in [-0.2, 0) is 6.61 Å². The third-order valence-electron chi connectivity index (χ3n) is 2.37. The van der Waals surface area contributed by atoms with Gasteiger partial charge in [-0.15, -0.1) is 0 Å². The standard InChI is InChI=1S/C14H12FNO2/c1-10-2-12(7-16-6-10)9-18-14-4-11(8-17)3-13(15)5-14/h2-8H,9H2,1H3. The van der Waals surface area contributed by atoms with E-state index in [4.69, 9.17) is 4.74 Å². The highest BCUT2D eigenvalue weighted by Crippen LogP contribution is 2.17. The Kier molecular flexibility index (Phi) is 3.67. The molecular formula is C14H12FNO2. The normalized spacial score (nSPS) is 10.1. The Morgan fingerprint density at radius 2 is 2.11 bits per heavy atom. The maximum Gasteiger partial charge on any atom is 0.150 e. The summed E-state index contributed by atoms with van der Waals surface area (Å²) in [5, 5.41) is 0. The minimum absolute atomic E-state index is 0.257. The lowest BCUT2D eigenvalue weighted by Crippen LogP contribution is -1.98. The summed E-state index contributed by atoms with van der Waals surface area (Å²) in [5.41, 5.74) is 2.18. The molecule has 4 heteroatoms. The van der Waals surface area contributed by atoms with Crippen LogP contribution in [0.5, 0.6) is 5.75 Å². The van der Waals surface area contributed by atoms with Gasteiger partial charge < -0.3 is 4.74 Å². The van der Waals surface area contributed by atoms with Crippen LogP contribution in [-0.4, -0.2) is 11.3 Å². The summed E-state index contributed by atoms with van der Waals surface area (Å²) in [7, 11) is 0. The molecule has 0 amide bonds. The second-order valence-corrected chi connectivity index (χ2v) is 4.00. The highest BCUT2D eigenvalue weighted by atomic mass is 19.1. The predicted molar refractivity (Wildman–Crippen MR) is 65.1 cm³/mol. The SMILES string of the molecule is Cc1cncc(COc2cc(F)cc(C=O)c2)c1. The number of ether oxygens (including phenoxy) is 1. The van der Waals surface area contributed by atoms with Crippen LogP contribution in [0.2, 0.25) is 0 Å². The summed E-state index contributed by atoms with van der Waals surface area (Å²) in [6, 6.07) is 5.84. The van der Waals surface area contributed by atoms with E-state index in [2.05, 4.69) is 4.98 Å². The fourth-order valence-electron chi connectivity index (χ4n) is 1.60. The number of carbonyl (C=O) groups excluding carboxylic acids is 1. The van der Waals surface area contributed by atoms with Crippen LogP contribution in [0, 0.1) is 12.7 Å². The molecule has 0 unspecified atom stereocenters. The molecule has 0 saturated carbocycles. The molecule has 0 aliphatic carbocycles. The quantitative estimate of drug-likeness (QED) is 0.777. The van der Waals surface area contributed by atoms with Gasteiger partial charge in [-0.2, -0.15) is 0 Å². The number of pyridine rings is 1. The van der Waals surface area contributed by atoms with E-state index >= 15 is 0 Å². The van der Waals surface area contributed by atoms with E-state index in [9.17, 15) is 9.18 Å². The highest BCUT2D eigenvalue weighted by Gasteiger charge is 2.02. The molecule has 2 rings (SSSR count). The van der Waals surface area contributed by atoms with Crippen molar-refractivity contribution in [1.82, 2.24) is 4.98 Å². The van der Waals surface area contributed by atoms with Crippen molar-refractivity contribution in [2.45, 2.75) is 13.5 Å². The molecule has 1 aromatic heterocycles. The van der Waals surface area contributed by atoms with Crippen LogP contribution in [0.15, 0.2) is 36.7 Å². The second-order valence-electron chi connectivity index (χ2n) is 4.00. The summed E-state index contributed by atoms with van der Waals surface area (Å²) in [5.74, 6) is -0.157. The lowest BCUT2D eigenvalue weighted by Gasteiger charge is -2.07. The van der Waals surface area contributed by atoms with Crippen LogP contribution >= 0.6 is 0 Å². The minimum Gasteiger partial charge on any atom is -0.489 e. The first-order valence-corrected chi connectivity index (χ1v) is 5.46. The highest BCUT2D eigenvalue weighted by molar-refractivity contribution is 5.75. The lowest BCUT2D eigenvalue weighted by atomic mass is 10.2. The molecule has 1 aromatic carbocycles. The van der Waals surface area contributed by atoms with Gasteiger partial charge in [-0.05, 0) is 30.7 Å². The van der Waals surface area contributed by atoms with Gasteiger partial charge in [-0.3, -0.25) is 9.78 Å². The molecule has 0 spiro atoms. The molecule has 0 bridgehead atoms. The van der Waals surface area contributed by atoms with Crippen LogP contribution in [0.1, 0.15) is 21.5 Å². The molecular weight excluding hydrogens is 233 g/mol. The Labute approximate surface area is 104 Å². The molecule has 0 aliphatic rings. The number of aryl methyl sites for hydroxylation is 1. The Balaban J connectivity index is 2.10. The topological polar surface area (TPSA) is 39.2 Å². The molecule has 0 fully saturated rings. The van der Waals surface area contributed by atoms with E-state index in [1.165, 1.54) is 12.1 Å². The molecule has 92 valence electrons. The van der Waals surface area contributed by atoms with Crippen molar-refractivity contribution in [3.05, 3.63) is 59.2 Å². The zero-order valence-electron chi connectivity index (χ0n) is 9.89. The number of rotatable bonds is 4. The van der Waals surface area contributed by atoms with Crippen molar-refractivity contribution >= 4 is 6.29 Å². The van der Waals surface area contributed by atoms with Gasteiger partial charge >= 0.3 is 0 Å². The van der Waals surface area contributed by atoms with Gasteiger partial charge in [0.25, 0.3) is 0 Å². The summed E-state index contributed by atoms with van der Waals surface area (Å²) in [4.78, 5) is 14.6. The van der Waals surface area contributed by atoms with E-state index < -0.39 is 5.82 Å². The van der Waals surface area contributed by atoms with Gasteiger partial charge in [0.1, 0.15) is 24.5 Å². The van der Waals surface area contributed by atoms with Crippen molar-refractivity contribution in [3.8, 4) is 5.75 Å². The first-order valence-electron chi connectivity index (χ1n) is 5.46. The van der Waals surface area contributed by atoms with Gasteiger partial charge in [-0.1, -0.05) is 0 Å². The molecule has 2 aromatic rings. The molecule has 0 atom stereocenters. The summed E-state index contributed by atoms with van der Waals surface area (Å²) in [6.45, 7) is 2.22. The summed E-state index contributed by atoms with van der Waals surface area (Å²) >= 11 is 0. The van der Waals surface area contributed by atoms with Gasteiger partial charge in [0, 0.05) is 29.6 Å². The fourth-order valence-corrected chi connectivity index (χ4v) is 1.60. The third-order valence-corrected chi connectivity index (χ3v) is 2.37. The number of benzene rings is 1. The summed E-state index contributed by atoms with van der Waals surface area (Å²) < 4.78 is 18.6. The maximum absolute atomic E-state index is 13.2.